The van der Waals surface area contributed by atoms with Crippen molar-refractivity contribution in [3.8, 4) is 0 Å². The second kappa shape index (κ2) is 6.14. The average Bonchev–Trinajstić information content (AvgIpc) is 2.75. The van der Waals surface area contributed by atoms with E-state index in [0.29, 0.717) is 0 Å². The van der Waals surface area contributed by atoms with Crippen LogP contribution < -0.4 is 11.3 Å². The minimum Gasteiger partial charge on any atom is -0.382 e. The molecule has 1 aromatic carbocycles. The van der Waals surface area contributed by atoms with Crippen LogP contribution in [0, 0.1) is 0 Å². The number of benzene rings is 1. The van der Waals surface area contributed by atoms with Crippen molar-refractivity contribution in [1.82, 2.24) is 15.2 Å². The Morgan fingerprint density at radius 3 is 2.84 bits per heavy atom. The first kappa shape index (κ1) is 14.0. The molecule has 2 aromatic rings. The van der Waals surface area contributed by atoms with Crippen molar-refractivity contribution in [2.24, 2.45) is 12.9 Å². The molecule has 5 heteroatoms. The second-order valence-corrected chi connectivity index (χ2v) is 4.94. The minimum absolute atomic E-state index is 0.160. The van der Waals surface area contributed by atoms with E-state index in [1.165, 1.54) is 5.39 Å². The molecular weight excluding hydrogens is 240 g/mol. The van der Waals surface area contributed by atoms with Gasteiger partial charge in [0.15, 0.2) is 0 Å². The molecule has 0 fully saturated rings. The molecule has 0 aliphatic rings. The molecule has 0 saturated carbocycles. The molecule has 1 aromatic heterocycles. The van der Waals surface area contributed by atoms with Gasteiger partial charge in [0.05, 0.1) is 17.3 Å². The Labute approximate surface area is 113 Å². The molecular formula is C14H22N4O. The Hall–Kier alpha value is -1.43. The molecule has 0 saturated heterocycles. The highest BCUT2D eigenvalue weighted by Crippen LogP contribution is 2.19. The van der Waals surface area contributed by atoms with Gasteiger partial charge in [0, 0.05) is 32.0 Å². The van der Waals surface area contributed by atoms with E-state index >= 15 is 0 Å². The van der Waals surface area contributed by atoms with E-state index in [9.17, 15) is 0 Å². The van der Waals surface area contributed by atoms with Gasteiger partial charge in [-0.3, -0.25) is 16.0 Å². The molecule has 2 unspecified atom stereocenters. The highest BCUT2D eigenvalue weighted by molar-refractivity contribution is 5.81. The largest absolute Gasteiger partial charge is 0.382 e. The maximum Gasteiger partial charge on any atom is 0.0719 e. The van der Waals surface area contributed by atoms with Gasteiger partial charge in [-0.1, -0.05) is 18.2 Å². The van der Waals surface area contributed by atoms with Crippen LogP contribution in [0.5, 0.6) is 0 Å². The zero-order valence-electron chi connectivity index (χ0n) is 11.8. The number of rotatable bonds is 6. The van der Waals surface area contributed by atoms with Crippen LogP contribution in [0.15, 0.2) is 24.3 Å². The summed E-state index contributed by atoms with van der Waals surface area (Å²) in [6.07, 6.45) is 1.83. The lowest BCUT2D eigenvalue weighted by molar-refractivity contribution is 0.100. The fourth-order valence-electron chi connectivity index (χ4n) is 2.38. The summed E-state index contributed by atoms with van der Waals surface area (Å²) in [7, 11) is 3.68. The molecule has 0 radical (unpaired) electrons. The van der Waals surface area contributed by atoms with E-state index in [1.54, 1.807) is 7.11 Å². The Kier molecular flexibility index (Phi) is 4.52. The van der Waals surface area contributed by atoms with Crippen molar-refractivity contribution >= 4 is 10.9 Å². The van der Waals surface area contributed by atoms with Gasteiger partial charge in [-0.15, -0.1) is 0 Å². The van der Waals surface area contributed by atoms with Gasteiger partial charge in [-0.25, -0.2) is 0 Å². The summed E-state index contributed by atoms with van der Waals surface area (Å²) in [5, 5.41) is 5.78. The van der Waals surface area contributed by atoms with Crippen LogP contribution in [-0.4, -0.2) is 29.0 Å². The van der Waals surface area contributed by atoms with Gasteiger partial charge in [0.2, 0.25) is 0 Å². The number of nitrogens with two attached hydrogens (primary N) is 1. The maximum atomic E-state index is 5.63. The third-order valence-corrected chi connectivity index (χ3v) is 3.53. The Morgan fingerprint density at radius 2 is 2.16 bits per heavy atom. The number of methoxy groups -OCH3 is 1. The number of hydrazine groups is 1. The van der Waals surface area contributed by atoms with Crippen LogP contribution in [0.25, 0.3) is 10.9 Å². The maximum absolute atomic E-state index is 5.63. The van der Waals surface area contributed by atoms with Crippen molar-refractivity contribution in [2.75, 3.05) is 7.11 Å². The summed E-state index contributed by atoms with van der Waals surface area (Å²) < 4.78 is 7.21. The average molecular weight is 262 g/mol. The van der Waals surface area contributed by atoms with E-state index < -0.39 is 0 Å². The fraction of sp³-hybridized carbons (Fsp3) is 0.500. The zero-order chi connectivity index (χ0) is 13.8. The molecule has 2 rings (SSSR count). The van der Waals surface area contributed by atoms with Gasteiger partial charge in [-0.2, -0.15) is 5.10 Å². The summed E-state index contributed by atoms with van der Waals surface area (Å²) in [5.41, 5.74) is 5.08. The highest BCUT2D eigenvalue weighted by atomic mass is 16.5. The molecule has 1 heterocycles. The van der Waals surface area contributed by atoms with E-state index in [0.717, 1.165) is 24.1 Å². The number of nitrogens with one attached hydrogen (secondary N) is 1. The van der Waals surface area contributed by atoms with Crippen molar-refractivity contribution in [2.45, 2.75) is 31.9 Å². The van der Waals surface area contributed by atoms with Crippen LogP contribution in [0.4, 0.5) is 0 Å². The van der Waals surface area contributed by atoms with Gasteiger partial charge in [0.25, 0.3) is 0 Å². The summed E-state index contributed by atoms with van der Waals surface area (Å²) in [6, 6.07) is 8.41. The molecule has 3 N–H and O–H groups in total. The van der Waals surface area contributed by atoms with Gasteiger partial charge < -0.3 is 4.74 Å². The van der Waals surface area contributed by atoms with E-state index in [2.05, 4.69) is 22.7 Å². The molecule has 2 atom stereocenters. The number of ether oxygens (including phenoxy) is 1. The van der Waals surface area contributed by atoms with Crippen LogP contribution in [0.1, 0.15) is 19.0 Å². The molecule has 0 aliphatic carbocycles. The number of aromatic nitrogens is 2. The number of para-hydroxylation sites is 1. The normalized spacial score (nSPS) is 14.7. The summed E-state index contributed by atoms with van der Waals surface area (Å²) in [6.45, 7) is 2.04. The Bertz CT molecular complexity index is 537. The quantitative estimate of drug-likeness (QED) is 0.609. The number of aryl methyl sites for hydroxylation is 1. The number of hydrogen-bond acceptors (Lipinski definition) is 4. The van der Waals surface area contributed by atoms with Crippen molar-refractivity contribution < 1.29 is 4.74 Å². The predicted molar refractivity (Wildman–Crippen MR) is 76.6 cm³/mol. The van der Waals surface area contributed by atoms with Crippen molar-refractivity contribution in [1.29, 1.82) is 0 Å². The minimum atomic E-state index is 0.160. The van der Waals surface area contributed by atoms with Crippen LogP contribution in [0.2, 0.25) is 0 Å². The van der Waals surface area contributed by atoms with Crippen LogP contribution in [-0.2, 0) is 18.2 Å². The summed E-state index contributed by atoms with van der Waals surface area (Å²) >= 11 is 0. The van der Waals surface area contributed by atoms with Crippen molar-refractivity contribution in [3.63, 3.8) is 0 Å². The first-order valence-electron chi connectivity index (χ1n) is 6.55. The standard InChI is InChI=1S/C14H22N4O/c1-10(19-3)8-11(16-15)9-13-12-6-4-5-7-14(12)18(2)17-13/h4-7,10-11,16H,8-9,15H2,1-3H3. The SMILES string of the molecule is COC(C)CC(Cc1nn(C)c2ccccc12)NN. The molecule has 0 amide bonds. The number of fused-ring (bicyclic) bond motifs is 1. The smallest absolute Gasteiger partial charge is 0.0719 e. The highest BCUT2D eigenvalue weighted by Gasteiger charge is 2.16. The molecule has 104 valence electrons. The molecule has 0 bridgehead atoms. The lowest BCUT2D eigenvalue weighted by Gasteiger charge is -2.18. The zero-order valence-corrected chi connectivity index (χ0v) is 11.8. The first-order chi connectivity index (χ1) is 9.15. The first-order valence-corrected chi connectivity index (χ1v) is 6.55. The third-order valence-electron chi connectivity index (χ3n) is 3.53. The second-order valence-electron chi connectivity index (χ2n) is 4.94. The third kappa shape index (κ3) is 3.12. The van der Waals surface area contributed by atoms with Gasteiger partial charge in [0.1, 0.15) is 0 Å². The molecule has 5 nitrogen and oxygen atoms in total. The molecule has 0 spiro atoms. The topological polar surface area (TPSA) is 65.1 Å². The predicted octanol–water partition coefficient (Wildman–Crippen LogP) is 1.37. The van der Waals surface area contributed by atoms with Crippen LogP contribution >= 0.6 is 0 Å². The molecule has 19 heavy (non-hydrogen) atoms. The van der Waals surface area contributed by atoms with E-state index in [-0.39, 0.29) is 12.1 Å². The Morgan fingerprint density at radius 1 is 1.42 bits per heavy atom. The monoisotopic (exact) mass is 262 g/mol. The Balaban J connectivity index is 2.20. The fourth-order valence-corrected chi connectivity index (χ4v) is 2.38. The van der Waals surface area contributed by atoms with E-state index in [4.69, 9.17) is 10.6 Å². The number of nitrogens with zero attached hydrogens (tertiary/aromatic N) is 2. The molecule has 0 aliphatic heterocycles. The lowest BCUT2D eigenvalue weighted by Crippen LogP contribution is -2.39. The number of hydrogen-bond donors (Lipinski definition) is 2. The van der Waals surface area contributed by atoms with Gasteiger partial charge in [-0.05, 0) is 19.4 Å². The summed E-state index contributed by atoms with van der Waals surface area (Å²) in [5.74, 6) is 5.63. The lowest BCUT2D eigenvalue weighted by atomic mass is 10.0. The van der Waals surface area contributed by atoms with Crippen molar-refractivity contribution in [3.05, 3.63) is 30.0 Å². The summed E-state index contributed by atoms with van der Waals surface area (Å²) in [4.78, 5) is 0. The van der Waals surface area contributed by atoms with Gasteiger partial charge >= 0.3 is 0 Å². The van der Waals surface area contributed by atoms with Crippen LogP contribution in [0.3, 0.4) is 0 Å². The van der Waals surface area contributed by atoms with E-state index in [1.807, 2.05) is 30.8 Å².